The Kier molecular flexibility index (Phi) is 5.68. The molecule has 0 aromatic heterocycles. The minimum atomic E-state index is -0.526. The Labute approximate surface area is 130 Å². The van der Waals surface area contributed by atoms with Crippen molar-refractivity contribution in [1.29, 1.82) is 0 Å². The summed E-state index contributed by atoms with van der Waals surface area (Å²) in [5.41, 5.74) is 0.400. The van der Waals surface area contributed by atoms with Crippen LogP contribution in [0.25, 0.3) is 0 Å². The van der Waals surface area contributed by atoms with Crippen molar-refractivity contribution in [2.75, 3.05) is 26.0 Å². The van der Waals surface area contributed by atoms with Crippen LogP contribution in [0, 0.1) is 5.41 Å². The molecule has 0 aliphatic rings. The smallest absolute Gasteiger partial charge is 0.325 e. The molecule has 0 aliphatic carbocycles. The van der Waals surface area contributed by atoms with Crippen LogP contribution in [0.3, 0.4) is 0 Å². The van der Waals surface area contributed by atoms with Gasteiger partial charge < -0.3 is 15.0 Å². The van der Waals surface area contributed by atoms with E-state index in [0.717, 1.165) is 0 Å². The van der Waals surface area contributed by atoms with Crippen LogP contribution in [0.2, 0.25) is 0 Å². The molecule has 6 heteroatoms. The number of carbonyl (C=O) groups is 3. The number of nitrogens with zero attached hydrogens (tertiary/aromatic N) is 1. The van der Waals surface area contributed by atoms with Crippen LogP contribution in [0.5, 0.6) is 0 Å². The number of rotatable bonds is 4. The summed E-state index contributed by atoms with van der Waals surface area (Å²) < 4.78 is 4.53. The molecular weight excluding hydrogens is 284 g/mol. The van der Waals surface area contributed by atoms with Crippen LogP contribution in [-0.2, 0) is 14.3 Å². The quantitative estimate of drug-likeness (QED) is 0.862. The van der Waals surface area contributed by atoms with E-state index in [0.29, 0.717) is 11.3 Å². The van der Waals surface area contributed by atoms with Gasteiger partial charge in [-0.2, -0.15) is 0 Å². The van der Waals surface area contributed by atoms with E-state index in [1.807, 2.05) is 20.8 Å². The number of methoxy groups -OCH3 is 1. The first-order valence-electron chi connectivity index (χ1n) is 6.89. The number of nitrogens with one attached hydrogen (secondary N) is 1. The number of carbonyl (C=O) groups excluding carboxylic acids is 3. The maximum Gasteiger partial charge on any atom is 0.325 e. The van der Waals surface area contributed by atoms with Crippen molar-refractivity contribution in [3.8, 4) is 0 Å². The van der Waals surface area contributed by atoms with Gasteiger partial charge in [0.1, 0.15) is 6.54 Å². The highest BCUT2D eigenvalue weighted by atomic mass is 16.5. The molecule has 0 aliphatic heterocycles. The first kappa shape index (κ1) is 17.7. The van der Waals surface area contributed by atoms with Gasteiger partial charge in [0.2, 0.25) is 5.91 Å². The number of hydrogen-bond acceptors (Lipinski definition) is 4. The zero-order valence-corrected chi connectivity index (χ0v) is 13.6. The Morgan fingerprint density at radius 2 is 1.86 bits per heavy atom. The number of ether oxygens (including phenoxy) is 1. The fourth-order valence-corrected chi connectivity index (χ4v) is 1.60. The largest absolute Gasteiger partial charge is 0.468 e. The minimum absolute atomic E-state index is 0.131. The molecule has 1 aromatic rings. The lowest BCUT2D eigenvalue weighted by molar-refractivity contribution is -0.141. The van der Waals surface area contributed by atoms with Gasteiger partial charge in [0.15, 0.2) is 0 Å². The summed E-state index contributed by atoms with van der Waals surface area (Å²) in [6, 6.07) is 6.60. The molecule has 0 saturated heterocycles. The number of amides is 2. The predicted molar refractivity (Wildman–Crippen MR) is 83.5 cm³/mol. The van der Waals surface area contributed by atoms with E-state index in [2.05, 4.69) is 10.1 Å². The fraction of sp³-hybridized carbons (Fsp3) is 0.438. The maximum absolute atomic E-state index is 12.2. The van der Waals surface area contributed by atoms with Crippen LogP contribution < -0.4 is 5.32 Å². The zero-order chi connectivity index (χ0) is 16.9. The van der Waals surface area contributed by atoms with Crippen molar-refractivity contribution >= 4 is 23.5 Å². The molecule has 2 amide bonds. The van der Waals surface area contributed by atoms with Gasteiger partial charge >= 0.3 is 5.97 Å². The van der Waals surface area contributed by atoms with E-state index in [9.17, 15) is 14.4 Å². The average molecular weight is 306 g/mol. The highest BCUT2D eigenvalue weighted by Gasteiger charge is 2.22. The SMILES string of the molecule is COC(=O)CN(C)C(=O)c1cccc(NC(=O)C(C)(C)C)c1. The molecule has 1 N–H and O–H groups in total. The Bertz CT molecular complexity index is 576. The van der Waals surface area contributed by atoms with Gasteiger partial charge in [0.05, 0.1) is 7.11 Å². The summed E-state index contributed by atoms with van der Waals surface area (Å²) in [4.78, 5) is 36.7. The fourth-order valence-electron chi connectivity index (χ4n) is 1.60. The van der Waals surface area contributed by atoms with Crippen LogP contribution in [0.1, 0.15) is 31.1 Å². The van der Waals surface area contributed by atoms with E-state index < -0.39 is 11.4 Å². The van der Waals surface area contributed by atoms with Crippen molar-refractivity contribution < 1.29 is 19.1 Å². The minimum Gasteiger partial charge on any atom is -0.468 e. The molecule has 120 valence electrons. The van der Waals surface area contributed by atoms with Gasteiger partial charge in [-0.15, -0.1) is 0 Å². The number of anilines is 1. The van der Waals surface area contributed by atoms with E-state index >= 15 is 0 Å². The lowest BCUT2D eigenvalue weighted by Crippen LogP contribution is -2.32. The van der Waals surface area contributed by atoms with Crippen LogP contribution in [0.15, 0.2) is 24.3 Å². The second kappa shape index (κ2) is 7.06. The normalized spacial score (nSPS) is 10.8. The summed E-state index contributed by atoms with van der Waals surface area (Å²) in [6.45, 7) is 5.29. The predicted octanol–water partition coefficient (Wildman–Crippen LogP) is 1.92. The topological polar surface area (TPSA) is 75.7 Å². The molecule has 0 atom stereocenters. The summed E-state index contributed by atoms with van der Waals surface area (Å²) in [5, 5.41) is 2.77. The van der Waals surface area contributed by atoms with Gasteiger partial charge in [-0.3, -0.25) is 14.4 Å². The number of esters is 1. The lowest BCUT2D eigenvalue weighted by atomic mass is 9.95. The summed E-state index contributed by atoms with van der Waals surface area (Å²) in [6.07, 6.45) is 0. The van der Waals surface area contributed by atoms with Crippen LogP contribution in [0.4, 0.5) is 5.69 Å². The van der Waals surface area contributed by atoms with Crippen molar-refractivity contribution in [3.05, 3.63) is 29.8 Å². The molecule has 0 unspecified atom stereocenters. The second-order valence-electron chi connectivity index (χ2n) is 6.02. The molecular formula is C16H22N2O4. The molecule has 0 heterocycles. The molecule has 0 radical (unpaired) electrons. The van der Waals surface area contributed by atoms with Crippen LogP contribution >= 0.6 is 0 Å². The lowest BCUT2D eigenvalue weighted by Gasteiger charge is -2.19. The number of benzene rings is 1. The molecule has 0 fully saturated rings. The number of likely N-dealkylation sites (N-methyl/N-ethyl adjacent to an activating group) is 1. The monoisotopic (exact) mass is 306 g/mol. The van der Waals surface area contributed by atoms with Gasteiger partial charge in [0.25, 0.3) is 5.91 Å². The Hall–Kier alpha value is -2.37. The van der Waals surface area contributed by atoms with E-state index in [-0.39, 0.29) is 18.4 Å². The maximum atomic E-state index is 12.2. The highest BCUT2D eigenvalue weighted by Crippen LogP contribution is 2.18. The third kappa shape index (κ3) is 4.87. The first-order valence-corrected chi connectivity index (χ1v) is 6.89. The van der Waals surface area contributed by atoms with E-state index in [1.165, 1.54) is 19.1 Å². The standard InChI is InChI=1S/C16H22N2O4/c1-16(2,3)15(21)17-12-8-6-7-11(9-12)14(20)18(4)10-13(19)22-5/h6-9H,10H2,1-5H3,(H,17,21). The summed E-state index contributed by atoms with van der Waals surface area (Å²) in [7, 11) is 2.78. The zero-order valence-electron chi connectivity index (χ0n) is 13.6. The molecule has 22 heavy (non-hydrogen) atoms. The van der Waals surface area contributed by atoms with E-state index in [4.69, 9.17) is 0 Å². The molecule has 6 nitrogen and oxygen atoms in total. The summed E-state index contributed by atoms with van der Waals surface area (Å²) in [5.74, 6) is -0.953. The first-order chi connectivity index (χ1) is 10.1. The van der Waals surface area contributed by atoms with Gasteiger partial charge in [0, 0.05) is 23.7 Å². The average Bonchev–Trinajstić information content (AvgIpc) is 2.45. The Morgan fingerprint density at radius 1 is 1.23 bits per heavy atom. The molecule has 1 aromatic carbocycles. The van der Waals surface area contributed by atoms with Crippen molar-refractivity contribution in [1.82, 2.24) is 4.90 Å². The van der Waals surface area contributed by atoms with Crippen LogP contribution in [-0.4, -0.2) is 43.4 Å². The number of hydrogen-bond donors (Lipinski definition) is 1. The van der Waals surface area contributed by atoms with Crippen molar-refractivity contribution in [2.24, 2.45) is 5.41 Å². The van der Waals surface area contributed by atoms with Gasteiger partial charge in [-0.1, -0.05) is 26.8 Å². The molecule has 0 saturated carbocycles. The van der Waals surface area contributed by atoms with Gasteiger partial charge in [-0.05, 0) is 18.2 Å². The Balaban J connectivity index is 2.85. The van der Waals surface area contributed by atoms with Gasteiger partial charge in [-0.25, -0.2) is 0 Å². The Morgan fingerprint density at radius 3 is 2.41 bits per heavy atom. The molecule has 1 rings (SSSR count). The summed E-state index contributed by atoms with van der Waals surface area (Å²) >= 11 is 0. The van der Waals surface area contributed by atoms with Crippen molar-refractivity contribution in [2.45, 2.75) is 20.8 Å². The third-order valence-corrected chi connectivity index (χ3v) is 2.99. The van der Waals surface area contributed by atoms with E-state index in [1.54, 1.807) is 24.3 Å². The second-order valence-corrected chi connectivity index (χ2v) is 6.02. The van der Waals surface area contributed by atoms with Crippen molar-refractivity contribution in [3.63, 3.8) is 0 Å². The molecule has 0 bridgehead atoms. The third-order valence-electron chi connectivity index (χ3n) is 2.99. The highest BCUT2D eigenvalue weighted by molar-refractivity contribution is 5.99. The molecule has 0 spiro atoms.